The first-order valence-corrected chi connectivity index (χ1v) is 9.91. The van der Waals surface area contributed by atoms with Gasteiger partial charge in [-0.05, 0) is 50.3 Å². The Morgan fingerprint density at radius 1 is 1.08 bits per heavy atom. The Morgan fingerprint density at radius 2 is 1.58 bits per heavy atom. The van der Waals surface area contributed by atoms with Crippen LogP contribution in [0.1, 0.15) is 44.2 Å². The van der Waals surface area contributed by atoms with Crippen molar-refractivity contribution in [2.75, 3.05) is 6.26 Å². The van der Waals surface area contributed by atoms with Gasteiger partial charge in [0.25, 0.3) is 0 Å². The maximum absolute atomic E-state index is 12.3. The number of rotatable bonds is 5. The van der Waals surface area contributed by atoms with Gasteiger partial charge in [0.2, 0.25) is 5.91 Å². The van der Waals surface area contributed by atoms with Gasteiger partial charge >= 0.3 is 5.97 Å². The Kier molecular flexibility index (Phi) is 5.64. The summed E-state index contributed by atoms with van der Waals surface area (Å²) in [5, 5.41) is 11.9. The van der Waals surface area contributed by atoms with Crippen molar-refractivity contribution in [2.45, 2.75) is 43.5 Å². The molecule has 1 amide bonds. The third kappa shape index (κ3) is 4.56. The van der Waals surface area contributed by atoms with Crippen molar-refractivity contribution in [3.05, 3.63) is 29.8 Å². The van der Waals surface area contributed by atoms with Crippen molar-refractivity contribution in [2.24, 2.45) is 11.8 Å². The van der Waals surface area contributed by atoms with Crippen molar-refractivity contribution < 1.29 is 23.1 Å². The van der Waals surface area contributed by atoms with Crippen LogP contribution in [-0.4, -0.2) is 31.7 Å². The molecular formula is C17H23NO5S. The van der Waals surface area contributed by atoms with Gasteiger partial charge < -0.3 is 10.4 Å². The third-order valence-electron chi connectivity index (χ3n) is 4.61. The summed E-state index contributed by atoms with van der Waals surface area (Å²) in [5.74, 6) is -1.35. The molecule has 0 heterocycles. The van der Waals surface area contributed by atoms with E-state index in [2.05, 4.69) is 5.32 Å². The zero-order valence-corrected chi connectivity index (χ0v) is 14.7. The maximum atomic E-state index is 12.3. The first-order chi connectivity index (χ1) is 11.2. The topological polar surface area (TPSA) is 101 Å². The van der Waals surface area contributed by atoms with Crippen LogP contribution in [-0.2, 0) is 19.4 Å². The van der Waals surface area contributed by atoms with E-state index in [1.165, 1.54) is 12.1 Å². The van der Waals surface area contributed by atoms with E-state index in [0.29, 0.717) is 25.7 Å². The second kappa shape index (κ2) is 7.34. The minimum atomic E-state index is -3.23. The quantitative estimate of drug-likeness (QED) is 0.845. The van der Waals surface area contributed by atoms with Crippen LogP contribution in [0.3, 0.4) is 0 Å². The average Bonchev–Trinajstić information content (AvgIpc) is 2.54. The van der Waals surface area contributed by atoms with Crippen molar-refractivity contribution in [3.8, 4) is 0 Å². The number of carbonyl (C=O) groups is 2. The molecule has 24 heavy (non-hydrogen) atoms. The van der Waals surface area contributed by atoms with E-state index in [-0.39, 0.29) is 28.7 Å². The summed E-state index contributed by atoms with van der Waals surface area (Å²) in [4.78, 5) is 23.5. The number of carbonyl (C=O) groups excluding carboxylic acids is 1. The van der Waals surface area contributed by atoms with Crippen LogP contribution in [0.4, 0.5) is 0 Å². The minimum Gasteiger partial charge on any atom is -0.481 e. The fourth-order valence-corrected chi connectivity index (χ4v) is 3.65. The lowest BCUT2D eigenvalue weighted by molar-refractivity contribution is -0.144. The van der Waals surface area contributed by atoms with E-state index in [1.807, 2.05) is 6.92 Å². The molecule has 0 saturated heterocycles. The highest BCUT2D eigenvalue weighted by Crippen LogP contribution is 2.29. The molecule has 1 unspecified atom stereocenters. The van der Waals surface area contributed by atoms with Gasteiger partial charge in [-0.1, -0.05) is 12.1 Å². The van der Waals surface area contributed by atoms with Crippen LogP contribution >= 0.6 is 0 Å². The predicted molar refractivity (Wildman–Crippen MR) is 89.2 cm³/mol. The molecule has 6 nitrogen and oxygen atoms in total. The van der Waals surface area contributed by atoms with Crippen LogP contribution in [0.25, 0.3) is 0 Å². The number of carboxylic acid groups (broad SMARTS) is 1. The summed E-state index contributed by atoms with van der Waals surface area (Å²) in [5.41, 5.74) is 0.829. The smallest absolute Gasteiger partial charge is 0.306 e. The van der Waals surface area contributed by atoms with E-state index in [0.717, 1.165) is 11.8 Å². The molecule has 2 rings (SSSR count). The molecule has 1 fully saturated rings. The highest BCUT2D eigenvalue weighted by atomic mass is 32.2. The minimum absolute atomic E-state index is 0.0708. The summed E-state index contributed by atoms with van der Waals surface area (Å²) in [7, 11) is -3.23. The van der Waals surface area contributed by atoms with Gasteiger partial charge in [0.1, 0.15) is 0 Å². The van der Waals surface area contributed by atoms with Crippen LogP contribution in [0.15, 0.2) is 29.2 Å². The van der Waals surface area contributed by atoms with E-state index in [1.54, 1.807) is 12.1 Å². The van der Waals surface area contributed by atoms with Crippen LogP contribution in [0.2, 0.25) is 0 Å². The second-order valence-electron chi connectivity index (χ2n) is 6.46. The van der Waals surface area contributed by atoms with Gasteiger partial charge in [0, 0.05) is 12.2 Å². The zero-order chi connectivity index (χ0) is 17.9. The van der Waals surface area contributed by atoms with Crippen molar-refractivity contribution in [1.82, 2.24) is 5.32 Å². The number of hydrogen-bond donors (Lipinski definition) is 2. The summed E-state index contributed by atoms with van der Waals surface area (Å²) < 4.78 is 22.9. The average molecular weight is 353 g/mol. The number of sulfone groups is 1. The molecule has 132 valence electrons. The largest absolute Gasteiger partial charge is 0.481 e. The SMILES string of the molecule is CC(NC(=O)C1CCC(C(=O)O)CC1)c1ccc(S(C)(=O)=O)cc1. The molecule has 1 atom stereocenters. The lowest BCUT2D eigenvalue weighted by Crippen LogP contribution is -2.35. The Bertz CT molecular complexity index is 703. The van der Waals surface area contributed by atoms with Crippen molar-refractivity contribution in [3.63, 3.8) is 0 Å². The van der Waals surface area contributed by atoms with E-state index in [4.69, 9.17) is 5.11 Å². The molecule has 0 aromatic heterocycles. The number of aliphatic carboxylic acids is 1. The molecule has 1 aromatic carbocycles. The van der Waals surface area contributed by atoms with Gasteiger partial charge in [0.15, 0.2) is 9.84 Å². The highest BCUT2D eigenvalue weighted by Gasteiger charge is 2.30. The first-order valence-electron chi connectivity index (χ1n) is 8.01. The van der Waals surface area contributed by atoms with Gasteiger partial charge in [0.05, 0.1) is 16.9 Å². The van der Waals surface area contributed by atoms with Gasteiger partial charge in [-0.2, -0.15) is 0 Å². The lowest BCUT2D eigenvalue weighted by atomic mass is 9.81. The Labute approximate surface area is 142 Å². The summed E-state index contributed by atoms with van der Waals surface area (Å²) in [6.45, 7) is 1.84. The van der Waals surface area contributed by atoms with Crippen LogP contribution < -0.4 is 5.32 Å². The molecule has 1 aromatic rings. The van der Waals surface area contributed by atoms with Gasteiger partial charge in [-0.25, -0.2) is 8.42 Å². The van der Waals surface area contributed by atoms with Crippen LogP contribution in [0.5, 0.6) is 0 Å². The molecule has 0 spiro atoms. The Morgan fingerprint density at radius 3 is 2.04 bits per heavy atom. The number of carboxylic acids is 1. The standard InChI is InChI=1S/C17H23NO5S/c1-11(12-7-9-15(10-8-12)24(2,22)23)18-16(19)13-3-5-14(6-4-13)17(20)21/h7-11,13-14H,3-6H2,1-2H3,(H,18,19)(H,20,21). The fraction of sp³-hybridized carbons (Fsp3) is 0.529. The molecule has 0 radical (unpaired) electrons. The molecule has 1 aliphatic rings. The van der Waals surface area contributed by atoms with Crippen LogP contribution in [0, 0.1) is 11.8 Å². The molecule has 1 aliphatic carbocycles. The first kappa shape index (κ1) is 18.4. The number of benzene rings is 1. The molecule has 0 aliphatic heterocycles. The molecule has 2 N–H and O–H groups in total. The molecule has 7 heteroatoms. The zero-order valence-electron chi connectivity index (χ0n) is 13.9. The van der Waals surface area contributed by atoms with Crippen molar-refractivity contribution in [1.29, 1.82) is 0 Å². The summed E-state index contributed by atoms with van der Waals surface area (Å²) >= 11 is 0. The number of nitrogens with one attached hydrogen (secondary N) is 1. The Balaban J connectivity index is 1.93. The fourth-order valence-electron chi connectivity index (χ4n) is 3.02. The number of hydrogen-bond acceptors (Lipinski definition) is 4. The molecule has 0 bridgehead atoms. The van der Waals surface area contributed by atoms with E-state index >= 15 is 0 Å². The maximum Gasteiger partial charge on any atom is 0.306 e. The highest BCUT2D eigenvalue weighted by molar-refractivity contribution is 7.90. The molecule has 1 saturated carbocycles. The monoisotopic (exact) mass is 353 g/mol. The van der Waals surface area contributed by atoms with Gasteiger partial charge in [-0.3, -0.25) is 9.59 Å². The lowest BCUT2D eigenvalue weighted by Gasteiger charge is -2.26. The summed E-state index contributed by atoms with van der Waals surface area (Å²) in [6, 6.07) is 6.23. The predicted octanol–water partition coefficient (Wildman–Crippen LogP) is 2.16. The molecular weight excluding hydrogens is 330 g/mol. The second-order valence-corrected chi connectivity index (χ2v) is 8.47. The van der Waals surface area contributed by atoms with E-state index < -0.39 is 15.8 Å². The van der Waals surface area contributed by atoms with Gasteiger partial charge in [-0.15, -0.1) is 0 Å². The number of amides is 1. The summed E-state index contributed by atoms with van der Waals surface area (Å²) in [6.07, 6.45) is 3.39. The Hall–Kier alpha value is -1.89. The van der Waals surface area contributed by atoms with E-state index in [9.17, 15) is 18.0 Å². The van der Waals surface area contributed by atoms with Crippen molar-refractivity contribution >= 4 is 21.7 Å². The third-order valence-corrected chi connectivity index (χ3v) is 5.74. The normalized spacial score (nSPS) is 22.6.